The zero-order valence-electron chi connectivity index (χ0n) is 17.9. The molecule has 0 saturated carbocycles. The van der Waals surface area contributed by atoms with Gasteiger partial charge in [0, 0.05) is 50.4 Å². The summed E-state index contributed by atoms with van der Waals surface area (Å²) in [6.07, 6.45) is 5.04. The molecule has 30 heavy (non-hydrogen) atoms. The van der Waals surface area contributed by atoms with Crippen molar-refractivity contribution in [3.63, 3.8) is 0 Å². The Kier molecular flexibility index (Phi) is 8.65. The van der Waals surface area contributed by atoms with Crippen LogP contribution in [0.25, 0.3) is 0 Å². The van der Waals surface area contributed by atoms with Crippen molar-refractivity contribution in [3.8, 4) is 0 Å². The molecule has 8 heteroatoms. The molecular formula is C22H32N6OS. The van der Waals surface area contributed by atoms with Gasteiger partial charge in [-0.05, 0) is 49.5 Å². The van der Waals surface area contributed by atoms with Crippen LogP contribution in [0.5, 0.6) is 0 Å². The number of pyridine rings is 1. The summed E-state index contributed by atoms with van der Waals surface area (Å²) in [7, 11) is 3.56. The minimum atomic E-state index is 0.0308. The molecule has 0 aliphatic carbocycles. The van der Waals surface area contributed by atoms with Crippen LogP contribution in [0.1, 0.15) is 29.5 Å². The Morgan fingerprint density at radius 1 is 1.27 bits per heavy atom. The molecule has 0 aromatic carbocycles. The molecule has 1 saturated heterocycles. The molecule has 1 amide bonds. The van der Waals surface area contributed by atoms with Gasteiger partial charge in [0.05, 0.1) is 12.6 Å². The van der Waals surface area contributed by atoms with Crippen LogP contribution in [0.15, 0.2) is 46.9 Å². The van der Waals surface area contributed by atoms with Gasteiger partial charge < -0.3 is 15.5 Å². The van der Waals surface area contributed by atoms with E-state index in [1.54, 1.807) is 29.5 Å². The quantitative estimate of drug-likeness (QED) is 0.473. The minimum Gasteiger partial charge on any atom is -0.354 e. The van der Waals surface area contributed by atoms with Crippen LogP contribution >= 0.6 is 11.3 Å². The zero-order valence-corrected chi connectivity index (χ0v) is 18.7. The zero-order chi connectivity index (χ0) is 21.2. The molecule has 3 rings (SSSR count). The smallest absolute Gasteiger partial charge is 0.241 e. The van der Waals surface area contributed by atoms with E-state index in [9.17, 15) is 4.79 Å². The molecule has 7 nitrogen and oxygen atoms in total. The first kappa shape index (κ1) is 22.2. The van der Waals surface area contributed by atoms with E-state index in [1.807, 2.05) is 25.2 Å². The maximum atomic E-state index is 12.5. The molecule has 3 heterocycles. The van der Waals surface area contributed by atoms with Gasteiger partial charge in [0.15, 0.2) is 5.96 Å². The summed E-state index contributed by atoms with van der Waals surface area (Å²) < 4.78 is 0. The van der Waals surface area contributed by atoms with Crippen LogP contribution in [0.3, 0.4) is 0 Å². The standard InChI is InChI=1S/C22H32N6OS/c1-23-22(25-16-19(20-9-7-15-30-20)28-12-5-6-13-28)26-17-21(29)27(2)14-10-18-8-3-4-11-24-18/h3-4,7-9,11,15,19H,5-6,10,12-14,16-17H2,1-2H3,(H2,23,25,26). The Hall–Kier alpha value is -2.45. The average molecular weight is 429 g/mol. The number of likely N-dealkylation sites (tertiary alicyclic amines) is 1. The van der Waals surface area contributed by atoms with Gasteiger partial charge in [-0.2, -0.15) is 0 Å². The highest BCUT2D eigenvalue weighted by molar-refractivity contribution is 7.10. The van der Waals surface area contributed by atoms with E-state index >= 15 is 0 Å². The highest BCUT2D eigenvalue weighted by atomic mass is 32.1. The first-order valence-corrected chi connectivity index (χ1v) is 11.4. The molecule has 0 radical (unpaired) electrons. The maximum Gasteiger partial charge on any atom is 0.241 e. The van der Waals surface area contributed by atoms with Gasteiger partial charge in [0.25, 0.3) is 0 Å². The fourth-order valence-corrected chi connectivity index (χ4v) is 4.47. The topological polar surface area (TPSA) is 72.9 Å². The van der Waals surface area contributed by atoms with Gasteiger partial charge in [-0.15, -0.1) is 11.3 Å². The molecule has 1 fully saturated rings. The van der Waals surface area contributed by atoms with Gasteiger partial charge in [-0.25, -0.2) is 0 Å². The summed E-state index contributed by atoms with van der Waals surface area (Å²) >= 11 is 1.80. The van der Waals surface area contributed by atoms with Crippen LogP contribution in [0.4, 0.5) is 0 Å². The molecule has 1 unspecified atom stereocenters. The number of aliphatic imine (C=N–C) groups is 1. The number of likely N-dealkylation sites (N-methyl/N-ethyl adjacent to an activating group) is 1. The number of guanidine groups is 1. The van der Waals surface area contributed by atoms with Crippen LogP contribution in [0, 0.1) is 0 Å². The Bertz CT molecular complexity index is 789. The van der Waals surface area contributed by atoms with E-state index in [1.165, 1.54) is 17.7 Å². The van der Waals surface area contributed by atoms with Crippen LogP contribution in [0.2, 0.25) is 0 Å². The molecule has 0 bridgehead atoms. The lowest BCUT2D eigenvalue weighted by Gasteiger charge is -2.27. The minimum absolute atomic E-state index is 0.0308. The number of amides is 1. The van der Waals surface area contributed by atoms with Crippen molar-refractivity contribution in [3.05, 3.63) is 52.5 Å². The summed E-state index contributed by atoms with van der Waals surface area (Å²) in [6.45, 7) is 3.89. The number of hydrogen-bond acceptors (Lipinski definition) is 5. The Morgan fingerprint density at radius 3 is 2.77 bits per heavy atom. The number of nitrogens with one attached hydrogen (secondary N) is 2. The molecule has 162 valence electrons. The second-order valence-corrected chi connectivity index (χ2v) is 8.45. The number of thiophene rings is 1. The molecule has 2 aromatic heterocycles. The van der Waals surface area contributed by atoms with Crippen LogP contribution in [-0.4, -0.2) is 73.5 Å². The third-order valence-electron chi connectivity index (χ3n) is 5.40. The van der Waals surface area contributed by atoms with Crippen molar-refractivity contribution >= 4 is 23.2 Å². The predicted octanol–water partition coefficient (Wildman–Crippen LogP) is 2.15. The number of hydrogen-bond donors (Lipinski definition) is 2. The lowest BCUT2D eigenvalue weighted by Crippen LogP contribution is -2.46. The van der Waals surface area contributed by atoms with Crippen molar-refractivity contribution in [1.82, 2.24) is 25.4 Å². The van der Waals surface area contributed by atoms with E-state index in [-0.39, 0.29) is 12.5 Å². The fourth-order valence-electron chi connectivity index (χ4n) is 3.60. The summed E-state index contributed by atoms with van der Waals surface area (Å²) in [5.41, 5.74) is 0.990. The summed E-state index contributed by atoms with van der Waals surface area (Å²) in [5.74, 6) is 0.686. The Balaban J connectivity index is 1.44. The second-order valence-electron chi connectivity index (χ2n) is 7.47. The first-order chi connectivity index (χ1) is 14.7. The third-order valence-corrected chi connectivity index (χ3v) is 6.38. The summed E-state index contributed by atoms with van der Waals surface area (Å²) in [5, 5.41) is 8.70. The molecule has 0 spiro atoms. The van der Waals surface area contributed by atoms with E-state index in [2.05, 4.69) is 43.0 Å². The number of aromatic nitrogens is 1. The maximum absolute atomic E-state index is 12.5. The van der Waals surface area contributed by atoms with E-state index in [4.69, 9.17) is 0 Å². The average Bonchev–Trinajstić information content (AvgIpc) is 3.50. The molecule has 1 aliphatic rings. The SMILES string of the molecule is CN=C(NCC(=O)N(C)CCc1ccccn1)NCC(c1cccs1)N1CCCC1. The van der Waals surface area contributed by atoms with Crippen LogP contribution in [-0.2, 0) is 11.2 Å². The van der Waals surface area contributed by atoms with Crippen molar-refractivity contribution < 1.29 is 4.79 Å². The fraction of sp³-hybridized carbons (Fsp3) is 0.500. The van der Waals surface area contributed by atoms with Crippen molar-refractivity contribution in [2.24, 2.45) is 4.99 Å². The summed E-state index contributed by atoms with van der Waals surface area (Å²) in [6, 6.07) is 10.5. The summed E-state index contributed by atoms with van der Waals surface area (Å²) in [4.78, 5) is 26.7. The first-order valence-electron chi connectivity index (χ1n) is 10.5. The monoisotopic (exact) mass is 428 g/mol. The molecule has 1 atom stereocenters. The Labute approximate surface area is 183 Å². The van der Waals surface area contributed by atoms with E-state index in [0.717, 1.165) is 31.7 Å². The van der Waals surface area contributed by atoms with Gasteiger partial charge in [-0.1, -0.05) is 12.1 Å². The van der Waals surface area contributed by atoms with E-state index < -0.39 is 0 Å². The van der Waals surface area contributed by atoms with E-state index in [0.29, 0.717) is 18.5 Å². The van der Waals surface area contributed by atoms with Crippen LogP contribution < -0.4 is 10.6 Å². The lowest BCUT2D eigenvalue weighted by molar-refractivity contribution is -0.128. The van der Waals surface area contributed by atoms with Gasteiger partial charge in [0.2, 0.25) is 5.91 Å². The van der Waals surface area contributed by atoms with Crippen molar-refractivity contribution in [2.45, 2.75) is 25.3 Å². The normalized spacial score (nSPS) is 15.7. The molecular weight excluding hydrogens is 396 g/mol. The highest BCUT2D eigenvalue weighted by Gasteiger charge is 2.24. The Morgan fingerprint density at radius 2 is 2.10 bits per heavy atom. The van der Waals surface area contributed by atoms with Gasteiger partial charge in [-0.3, -0.25) is 19.7 Å². The predicted molar refractivity (Wildman–Crippen MR) is 123 cm³/mol. The third kappa shape index (κ3) is 6.53. The van der Waals surface area contributed by atoms with Gasteiger partial charge >= 0.3 is 0 Å². The number of nitrogens with zero attached hydrogens (tertiary/aromatic N) is 4. The van der Waals surface area contributed by atoms with Crippen molar-refractivity contribution in [2.75, 3.05) is 46.8 Å². The number of carbonyl (C=O) groups excluding carboxylic acids is 1. The highest BCUT2D eigenvalue weighted by Crippen LogP contribution is 2.27. The largest absolute Gasteiger partial charge is 0.354 e. The molecule has 2 N–H and O–H groups in total. The lowest BCUT2D eigenvalue weighted by atomic mass is 10.2. The molecule has 2 aromatic rings. The second kappa shape index (κ2) is 11.7. The number of rotatable bonds is 9. The van der Waals surface area contributed by atoms with Gasteiger partial charge in [0.1, 0.15) is 0 Å². The van der Waals surface area contributed by atoms with Crippen molar-refractivity contribution in [1.29, 1.82) is 0 Å². The number of carbonyl (C=O) groups is 1. The molecule has 1 aliphatic heterocycles.